The van der Waals surface area contributed by atoms with Crippen molar-refractivity contribution in [3.8, 4) is 0 Å². The molecule has 0 aromatic carbocycles. The number of amides is 1. The van der Waals surface area contributed by atoms with E-state index in [0.29, 0.717) is 6.54 Å². The molecule has 1 atom stereocenters. The third-order valence-electron chi connectivity index (χ3n) is 1.91. The van der Waals surface area contributed by atoms with Gasteiger partial charge in [-0.1, -0.05) is 19.8 Å². The zero-order chi connectivity index (χ0) is 11.7. The van der Waals surface area contributed by atoms with Crippen molar-refractivity contribution in [3.63, 3.8) is 0 Å². The third-order valence-corrected chi connectivity index (χ3v) is 3.03. The molecule has 0 aliphatic rings. The molecule has 0 bridgehead atoms. The number of carboxylic acid groups (broad SMARTS) is 1. The molecule has 0 saturated carbocycles. The van der Waals surface area contributed by atoms with Gasteiger partial charge in [-0.15, -0.1) is 11.8 Å². The van der Waals surface area contributed by atoms with Crippen molar-refractivity contribution < 1.29 is 14.7 Å². The highest BCUT2D eigenvalue weighted by atomic mass is 32.2. The number of rotatable bonds is 8. The van der Waals surface area contributed by atoms with Crippen molar-refractivity contribution in [3.05, 3.63) is 0 Å². The molecular formula is C10H19NO3S. The first-order valence-corrected chi connectivity index (χ1v) is 6.24. The number of hydrogen-bond donors (Lipinski definition) is 2. The van der Waals surface area contributed by atoms with Crippen molar-refractivity contribution in [1.29, 1.82) is 0 Å². The van der Waals surface area contributed by atoms with Crippen LogP contribution in [0.2, 0.25) is 0 Å². The number of carbonyl (C=O) groups excluding carboxylic acids is 1. The normalized spacial score (nSPS) is 12.1. The van der Waals surface area contributed by atoms with Gasteiger partial charge in [-0.25, -0.2) is 0 Å². The lowest BCUT2D eigenvalue weighted by Crippen LogP contribution is -2.32. The third kappa shape index (κ3) is 8.30. The van der Waals surface area contributed by atoms with Crippen LogP contribution in [0, 0.1) is 0 Å². The van der Waals surface area contributed by atoms with E-state index in [-0.39, 0.29) is 16.9 Å². The van der Waals surface area contributed by atoms with Crippen molar-refractivity contribution in [1.82, 2.24) is 5.32 Å². The molecule has 1 unspecified atom stereocenters. The molecule has 0 aromatic heterocycles. The Labute approximate surface area is 94.8 Å². The van der Waals surface area contributed by atoms with E-state index in [1.54, 1.807) is 6.92 Å². The van der Waals surface area contributed by atoms with E-state index >= 15 is 0 Å². The summed E-state index contributed by atoms with van der Waals surface area (Å²) in [6, 6.07) is 0. The second-order valence-corrected chi connectivity index (χ2v) is 4.67. The summed E-state index contributed by atoms with van der Waals surface area (Å²) in [4.78, 5) is 21.7. The van der Waals surface area contributed by atoms with Crippen LogP contribution in [0.15, 0.2) is 0 Å². The van der Waals surface area contributed by atoms with Crippen LogP contribution in [0.25, 0.3) is 0 Å². The Morgan fingerprint density at radius 3 is 2.60 bits per heavy atom. The first-order chi connectivity index (χ1) is 7.07. The second kappa shape index (κ2) is 8.59. The summed E-state index contributed by atoms with van der Waals surface area (Å²) in [6.45, 7) is 4.51. The maximum Gasteiger partial charge on any atom is 0.313 e. The SMILES string of the molecule is CCCCCNC(=O)C(C)SCC(=O)O. The molecule has 15 heavy (non-hydrogen) atoms. The Bertz CT molecular complexity index is 209. The van der Waals surface area contributed by atoms with E-state index in [4.69, 9.17) is 5.11 Å². The molecule has 0 aliphatic heterocycles. The van der Waals surface area contributed by atoms with Crippen molar-refractivity contribution in [2.75, 3.05) is 12.3 Å². The highest BCUT2D eigenvalue weighted by Crippen LogP contribution is 2.09. The monoisotopic (exact) mass is 233 g/mol. The minimum atomic E-state index is -0.884. The molecule has 0 aromatic rings. The van der Waals surface area contributed by atoms with Gasteiger partial charge in [0.15, 0.2) is 0 Å². The summed E-state index contributed by atoms with van der Waals surface area (Å²) in [6.07, 6.45) is 3.22. The summed E-state index contributed by atoms with van der Waals surface area (Å²) in [5.74, 6) is -0.980. The van der Waals surface area contributed by atoms with Gasteiger partial charge in [-0.2, -0.15) is 0 Å². The lowest BCUT2D eigenvalue weighted by atomic mass is 10.2. The molecule has 2 N–H and O–H groups in total. The van der Waals surface area contributed by atoms with E-state index in [9.17, 15) is 9.59 Å². The predicted molar refractivity (Wildman–Crippen MR) is 62.1 cm³/mol. The van der Waals surface area contributed by atoms with Crippen LogP contribution in [-0.2, 0) is 9.59 Å². The largest absolute Gasteiger partial charge is 0.481 e. The smallest absolute Gasteiger partial charge is 0.313 e. The zero-order valence-corrected chi connectivity index (χ0v) is 10.1. The zero-order valence-electron chi connectivity index (χ0n) is 9.28. The van der Waals surface area contributed by atoms with E-state index in [0.717, 1.165) is 31.0 Å². The number of thioether (sulfide) groups is 1. The van der Waals surface area contributed by atoms with E-state index in [1.165, 1.54) is 0 Å². The van der Waals surface area contributed by atoms with Crippen LogP contribution in [0.1, 0.15) is 33.1 Å². The summed E-state index contributed by atoms with van der Waals surface area (Å²) in [5.41, 5.74) is 0. The van der Waals surface area contributed by atoms with Gasteiger partial charge in [0.05, 0.1) is 11.0 Å². The standard InChI is InChI=1S/C10H19NO3S/c1-3-4-5-6-11-10(14)8(2)15-7-9(12)13/h8H,3-7H2,1-2H3,(H,11,14)(H,12,13). The number of hydrogen-bond acceptors (Lipinski definition) is 3. The minimum absolute atomic E-state index is 0.0243. The number of unbranched alkanes of at least 4 members (excludes halogenated alkanes) is 2. The molecule has 88 valence electrons. The fraction of sp³-hybridized carbons (Fsp3) is 0.800. The maximum atomic E-state index is 11.4. The van der Waals surface area contributed by atoms with E-state index < -0.39 is 5.97 Å². The van der Waals surface area contributed by atoms with Gasteiger partial charge in [0.25, 0.3) is 0 Å². The van der Waals surface area contributed by atoms with Crippen LogP contribution >= 0.6 is 11.8 Å². The minimum Gasteiger partial charge on any atom is -0.481 e. The summed E-state index contributed by atoms with van der Waals surface area (Å²) < 4.78 is 0. The number of carboxylic acids is 1. The van der Waals surface area contributed by atoms with Crippen molar-refractivity contribution in [2.45, 2.75) is 38.4 Å². The van der Waals surface area contributed by atoms with E-state index in [2.05, 4.69) is 12.2 Å². The number of aliphatic carboxylic acids is 1. The molecular weight excluding hydrogens is 214 g/mol. The van der Waals surface area contributed by atoms with Crippen LogP contribution in [0.4, 0.5) is 0 Å². The quantitative estimate of drug-likeness (QED) is 0.623. The average Bonchev–Trinajstić information content (AvgIpc) is 2.20. The Morgan fingerprint density at radius 2 is 2.07 bits per heavy atom. The Kier molecular flexibility index (Phi) is 8.18. The van der Waals surface area contributed by atoms with Crippen molar-refractivity contribution in [2.24, 2.45) is 0 Å². The highest BCUT2D eigenvalue weighted by Gasteiger charge is 2.13. The molecule has 4 nitrogen and oxygen atoms in total. The summed E-state index contributed by atoms with van der Waals surface area (Å²) in [7, 11) is 0. The summed E-state index contributed by atoms with van der Waals surface area (Å²) >= 11 is 1.14. The second-order valence-electron chi connectivity index (χ2n) is 3.35. The van der Waals surface area contributed by atoms with Gasteiger partial charge < -0.3 is 10.4 Å². The molecule has 5 heteroatoms. The molecule has 0 saturated heterocycles. The first kappa shape index (κ1) is 14.3. The highest BCUT2D eigenvalue weighted by molar-refractivity contribution is 8.01. The van der Waals surface area contributed by atoms with Crippen LogP contribution in [0.5, 0.6) is 0 Å². The molecule has 0 radical (unpaired) electrons. The van der Waals surface area contributed by atoms with Gasteiger partial charge in [0, 0.05) is 6.54 Å². The predicted octanol–water partition coefficient (Wildman–Crippen LogP) is 1.50. The van der Waals surface area contributed by atoms with Gasteiger partial charge in [0.2, 0.25) is 5.91 Å². The summed E-state index contributed by atoms with van der Waals surface area (Å²) in [5, 5.41) is 10.9. The lowest BCUT2D eigenvalue weighted by molar-refractivity contribution is -0.133. The topological polar surface area (TPSA) is 66.4 Å². The van der Waals surface area contributed by atoms with Gasteiger partial charge in [-0.3, -0.25) is 9.59 Å². The molecule has 0 fully saturated rings. The van der Waals surface area contributed by atoms with E-state index in [1.807, 2.05) is 0 Å². The first-order valence-electron chi connectivity index (χ1n) is 5.19. The van der Waals surface area contributed by atoms with Gasteiger partial charge in [-0.05, 0) is 13.3 Å². The Hall–Kier alpha value is -0.710. The Balaban J connectivity index is 3.55. The molecule has 0 rings (SSSR count). The lowest BCUT2D eigenvalue weighted by Gasteiger charge is -2.10. The van der Waals surface area contributed by atoms with Crippen molar-refractivity contribution >= 4 is 23.6 Å². The van der Waals surface area contributed by atoms with Crippen LogP contribution < -0.4 is 5.32 Å². The van der Waals surface area contributed by atoms with Crippen LogP contribution in [0.3, 0.4) is 0 Å². The number of nitrogens with one attached hydrogen (secondary N) is 1. The van der Waals surface area contributed by atoms with Gasteiger partial charge in [0.1, 0.15) is 0 Å². The fourth-order valence-corrected chi connectivity index (χ4v) is 1.63. The molecule has 0 spiro atoms. The van der Waals surface area contributed by atoms with Gasteiger partial charge >= 0.3 is 5.97 Å². The molecule has 0 heterocycles. The number of carbonyl (C=O) groups is 2. The molecule has 1 amide bonds. The Morgan fingerprint density at radius 1 is 1.40 bits per heavy atom. The van der Waals surface area contributed by atoms with Crippen LogP contribution in [-0.4, -0.2) is 34.5 Å². The molecule has 0 aliphatic carbocycles. The maximum absolute atomic E-state index is 11.4. The fourth-order valence-electron chi connectivity index (χ4n) is 1.00. The average molecular weight is 233 g/mol.